The predicted molar refractivity (Wildman–Crippen MR) is 139 cm³/mol. The first kappa shape index (κ1) is 28.0. The van der Waals surface area contributed by atoms with Gasteiger partial charge in [0.15, 0.2) is 13.2 Å². The van der Waals surface area contributed by atoms with Crippen LogP contribution in [0.4, 0.5) is 11.4 Å². The number of likely N-dealkylation sites (tertiary alicyclic amines) is 1. The maximum Gasteiger partial charge on any atom is 0.344 e. The first-order chi connectivity index (χ1) is 17.5. The monoisotopic (exact) mass is 531 g/mol. The van der Waals surface area contributed by atoms with Crippen LogP contribution in [0.5, 0.6) is 5.75 Å². The molecule has 2 aromatic rings. The van der Waals surface area contributed by atoms with Gasteiger partial charge in [-0.25, -0.2) is 13.2 Å². The van der Waals surface area contributed by atoms with Crippen LogP contribution in [-0.2, 0) is 29.1 Å². The Morgan fingerprint density at radius 2 is 1.57 bits per heavy atom. The molecule has 1 saturated heterocycles. The standard InChI is InChI=1S/C26H33N3O7S/c1-18-6-5-7-19(2)29(18)25(31)16-36-26(32)17-35-23-12-10-22(11-13-23)28(4)37(33,34)24-14-8-21(9-15-24)27-20(3)30/h8-15,18-19H,5-7,16-17H2,1-4H3,(H,27,30). The second-order valence-corrected chi connectivity index (χ2v) is 11.0. The molecule has 1 heterocycles. The maximum atomic E-state index is 13.0. The van der Waals surface area contributed by atoms with E-state index in [-0.39, 0.29) is 42.0 Å². The molecule has 0 spiro atoms. The topological polar surface area (TPSA) is 122 Å². The summed E-state index contributed by atoms with van der Waals surface area (Å²) in [5, 5.41) is 2.59. The van der Waals surface area contributed by atoms with Crippen molar-refractivity contribution in [3.05, 3.63) is 48.5 Å². The molecule has 1 N–H and O–H groups in total. The van der Waals surface area contributed by atoms with E-state index in [1.54, 1.807) is 17.0 Å². The Labute approximate surface area is 217 Å². The molecule has 10 nitrogen and oxygen atoms in total. The summed E-state index contributed by atoms with van der Waals surface area (Å²) in [7, 11) is -2.42. The number of piperidine rings is 1. The lowest BCUT2D eigenvalue weighted by atomic mass is 9.97. The molecule has 11 heteroatoms. The van der Waals surface area contributed by atoms with Crippen LogP contribution in [0.2, 0.25) is 0 Å². The summed E-state index contributed by atoms with van der Waals surface area (Å²) in [6.07, 6.45) is 2.95. The number of esters is 1. The zero-order valence-corrected chi connectivity index (χ0v) is 22.3. The molecule has 0 radical (unpaired) electrons. The minimum atomic E-state index is -3.84. The van der Waals surface area contributed by atoms with Crippen molar-refractivity contribution >= 4 is 39.2 Å². The van der Waals surface area contributed by atoms with Gasteiger partial charge in [0, 0.05) is 31.7 Å². The highest BCUT2D eigenvalue weighted by Crippen LogP contribution is 2.25. The van der Waals surface area contributed by atoms with Crippen LogP contribution < -0.4 is 14.4 Å². The van der Waals surface area contributed by atoms with Crippen LogP contribution in [0, 0.1) is 0 Å². The lowest BCUT2D eigenvalue weighted by molar-refractivity contribution is -0.156. The van der Waals surface area contributed by atoms with Gasteiger partial charge < -0.3 is 19.7 Å². The highest BCUT2D eigenvalue weighted by molar-refractivity contribution is 7.92. The van der Waals surface area contributed by atoms with Gasteiger partial charge in [0.2, 0.25) is 5.91 Å². The molecule has 3 rings (SSSR count). The highest BCUT2D eigenvalue weighted by Gasteiger charge is 2.29. The smallest absolute Gasteiger partial charge is 0.344 e. The number of hydrogen-bond acceptors (Lipinski definition) is 7. The third-order valence-electron chi connectivity index (χ3n) is 6.23. The van der Waals surface area contributed by atoms with Gasteiger partial charge in [0.25, 0.3) is 15.9 Å². The third-order valence-corrected chi connectivity index (χ3v) is 8.03. The van der Waals surface area contributed by atoms with Gasteiger partial charge in [-0.1, -0.05) is 0 Å². The summed E-state index contributed by atoms with van der Waals surface area (Å²) in [6.45, 7) is 4.65. The molecule has 0 bridgehead atoms. The molecule has 2 unspecified atom stereocenters. The van der Waals surface area contributed by atoms with E-state index in [0.29, 0.717) is 17.1 Å². The van der Waals surface area contributed by atoms with Gasteiger partial charge in [-0.15, -0.1) is 0 Å². The van der Waals surface area contributed by atoms with E-state index < -0.39 is 16.0 Å². The molecule has 0 saturated carbocycles. The van der Waals surface area contributed by atoms with Crippen molar-refractivity contribution in [2.45, 2.75) is 57.0 Å². The Hall–Kier alpha value is -3.60. The number of amides is 2. The molecule has 1 aliphatic heterocycles. The lowest BCUT2D eigenvalue weighted by Gasteiger charge is -2.38. The van der Waals surface area contributed by atoms with Crippen molar-refractivity contribution in [3.8, 4) is 5.75 Å². The van der Waals surface area contributed by atoms with E-state index in [1.165, 1.54) is 50.4 Å². The zero-order valence-electron chi connectivity index (χ0n) is 21.5. The fourth-order valence-corrected chi connectivity index (χ4v) is 5.47. The number of sulfonamides is 1. The first-order valence-corrected chi connectivity index (χ1v) is 13.5. The Balaban J connectivity index is 1.52. The summed E-state index contributed by atoms with van der Waals surface area (Å²) in [5.74, 6) is -0.794. The quantitative estimate of drug-likeness (QED) is 0.493. The molecule has 1 fully saturated rings. The number of nitrogens with one attached hydrogen (secondary N) is 1. The van der Waals surface area contributed by atoms with E-state index in [0.717, 1.165) is 23.6 Å². The molecule has 2 amide bonds. The lowest BCUT2D eigenvalue weighted by Crippen LogP contribution is -2.49. The summed E-state index contributed by atoms with van der Waals surface area (Å²) in [6, 6.07) is 12.3. The fraction of sp³-hybridized carbons (Fsp3) is 0.423. The molecule has 37 heavy (non-hydrogen) atoms. The number of nitrogens with zero attached hydrogens (tertiary/aromatic N) is 2. The van der Waals surface area contributed by atoms with Crippen LogP contribution in [0.1, 0.15) is 40.0 Å². The fourth-order valence-electron chi connectivity index (χ4n) is 4.28. The number of hydrogen-bond donors (Lipinski definition) is 1. The van der Waals surface area contributed by atoms with E-state index in [1.807, 2.05) is 13.8 Å². The normalized spacial score (nSPS) is 17.6. The van der Waals surface area contributed by atoms with Gasteiger partial charge in [-0.3, -0.25) is 13.9 Å². The van der Waals surface area contributed by atoms with Crippen molar-refractivity contribution < 1.29 is 32.3 Å². The predicted octanol–water partition coefficient (Wildman–Crippen LogP) is 3.18. The van der Waals surface area contributed by atoms with Crippen molar-refractivity contribution in [1.29, 1.82) is 0 Å². The summed E-state index contributed by atoms with van der Waals surface area (Å²) < 4.78 is 37.6. The number of benzene rings is 2. The van der Waals surface area contributed by atoms with Crippen molar-refractivity contribution in [3.63, 3.8) is 0 Å². The number of anilines is 2. The second-order valence-electron chi connectivity index (χ2n) is 9.05. The van der Waals surface area contributed by atoms with Gasteiger partial charge in [0.05, 0.1) is 10.6 Å². The minimum absolute atomic E-state index is 0.0649. The average molecular weight is 532 g/mol. The molecule has 2 aromatic carbocycles. The van der Waals surface area contributed by atoms with Crippen molar-refractivity contribution in [1.82, 2.24) is 4.90 Å². The van der Waals surface area contributed by atoms with Gasteiger partial charge in [-0.2, -0.15) is 0 Å². The largest absolute Gasteiger partial charge is 0.482 e. The molecule has 200 valence electrons. The number of ether oxygens (including phenoxy) is 2. The maximum absolute atomic E-state index is 13.0. The van der Waals surface area contributed by atoms with Crippen LogP contribution >= 0.6 is 0 Å². The van der Waals surface area contributed by atoms with Gasteiger partial charge in [0.1, 0.15) is 5.75 Å². The Morgan fingerprint density at radius 3 is 2.14 bits per heavy atom. The van der Waals surface area contributed by atoms with Crippen molar-refractivity contribution in [2.75, 3.05) is 29.9 Å². The Bertz CT molecular complexity index is 1200. The second kappa shape index (κ2) is 12.1. The van der Waals surface area contributed by atoms with Crippen LogP contribution in [0.3, 0.4) is 0 Å². The van der Waals surface area contributed by atoms with Crippen LogP contribution in [0.15, 0.2) is 53.4 Å². The minimum Gasteiger partial charge on any atom is -0.482 e. The highest BCUT2D eigenvalue weighted by atomic mass is 32.2. The van der Waals surface area contributed by atoms with E-state index in [9.17, 15) is 22.8 Å². The zero-order chi connectivity index (χ0) is 27.2. The van der Waals surface area contributed by atoms with E-state index in [2.05, 4.69) is 5.32 Å². The summed E-state index contributed by atoms with van der Waals surface area (Å²) in [5.41, 5.74) is 0.880. The van der Waals surface area contributed by atoms with E-state index >= 15 is 0 Å². The molecule has 1 aliphatic rings. The number of rotatable bonds is 9. The summed E-state index contributed by atoms with van der Waals surface area (Å²) in [4.78, 5) is 37.6. The van der Waals surface area contributed by atoms with Gasteiger partial charge in [-0.05, 0) is 81.6 Å². The number of carbonyl (C=O) groups is 3. The molecular formula is C26H33N3O7S. The van der Waals surface area contributed by atoms with Crippen molar-refractivity contribution in [2.24, 2.45) is 0 Å². The Morgan fingerprint density at radius 1 is 0.973 bits per heavy atom. The summed E-state index contributed by atoms with van der Waals surface area (Å²) >= 11 is 0. The average Bonchev–Trinajstić information content (AvgIpc) is 2.86. The van der Waals surface area contributed by atoms with Crippen LogP contribution in [-0.4, -0.2) is 63.4 Å². The molecular weight excluding hydrogens is 498 g/mol. The van der Waals surface area contributed by atoms with Crippen LogP contribution in [0.25, 0.3) is 0 Å². The SMILES string of the molecule is CC(=O)Nc1ccc(S(=O)(=O)N(C)c2ccc(OCC(=O)OCC(=O)N3C(C)CCCC3C)cc2)cc1. The first-order valence-electron chi connectivity index (χ1n) is 12.0. The Kier molecular flexibility index (Phi) is 9.14. The third kappa shape index (κ3) is 7.22. The molecule has 2 atom stereocenters. The van der Waals surface area contributed by atoms with Gasteiger partial charge >= 0.3 is 5.97 Å². The molecule has 0 aliphatic carbocycles. The van der Waals surface area contributed by atoms with E-state index in [4.69, 9.17) is 9.47 Å². The number of carbonyl (C=O) groups excluding carboxylic acids is 3. The molecule has 0 aromatic heterocycles.